The SMILES string of the molecule is CCC(Oc1cccc(C)c1)C(=O)NC(c1ccccc1)c1ccccc1C. The summed E-state index contributed by atoms with van der Waals surface area (Å²) in [5, 5.41) is 3.21. The van der Waals surface area contributed by atoms with E-state index in [1.165, 1.54) is 0 Å². The molecule has 0 fully saturated rings. The first-order chi connectivity index (χ1) is 13.6. The smallest absolute Gasteiger partial charge is 0.261 e. The average molecular weight is 373 g/mol. The van der Waals surface area contributed by atoms with Crippen molar-refractivity contribution in [2.75, 3.05) is 0 Å². The Morgan fingerprint density at radius 1 is 0.929 bits per heavy atom. The molecule has 0 aromatic heterocycles. The van der Waals surface area contributed by atoms with Crippen LogP contribution in [0.5, 0.6) is 5.75 Å². The number of aryl methyl sites for hydroxylation is 2. The molecule has 3 heteroatoms. The Balaban J connectivity index is 1.85. The zero-order valence-electron chi connectivity index (χ0n) is 16.7. The van der Waals surface area contributed by atoms with Crippen LogP contribution in [0, 0.1) is 13.8 Å². The summed E-state index contributed by atoms with van der Waals surface area (Å²) in [7, 11) is 0. The van der Waals surface area contributed by atoms with Gasteiger partial charge in [0.05, 0.1) is 6.04 Å². The van der Waals surface area contributed by atoms with E-state index in [4.69, 9.17) is 4.74 Å². The van der Waals surface area contributed by atoms with Gasteiger partial charge in [-0.3, -0.25) is 4.79 Å². The van der Waals surface area contributed by atoms with E-state index in [2.05, 4.69) is 24.4 Å². The van der Waals surface area contributed by atoms with Crippen molar-refractivity contribution in [2.45, 2.75) is 39.3 Å². The minimum absolute atomic E-state index is 0.110. The van der Waals surface area contributed by atoms with E-state index in [1.54, 1.807) is 0 Å². The number of carbonyl (C=O) groups excluding carboxylic acids is 1. The zero-order valence-corrected chi connectivity index (χ0v) is 16.7. The predicted octanol–water partition coefficient (Wildman–Crippen LogP) is 5.37. The van der Waals surface area contributed by atoms with Gasteiger partial charge in [-0.1, -0.05) is 73.7 Å². The molecule has 0 heterocycles. The Labute approximate surface area is 167 Å². The molecule has 2 unspecified atom stereocenters. The third kappa shape index (κ3) is 4.80. The van der Waals surface area contributed by atoms with E-state index in [1.807, 2.05) is 80.6 Å². The molecule has 1 amide bonds. The fourth-order valence-electron chi connectivity index (χ4n) is 3.31. The summed E-state index contributed by atoms with van der Waals surface area (Å²) >= 11 is 0. The fourth-order valence-corrected chi connectivity index (χ4v) is 3.31. The second-order valence-corrected chi connectivity index (χ2v) is 7.04. The summed E-state index contributed by atoms with van der Waals surface area (Å²) in [6, 6.07) is 25.8. The Morgan fingerprint density at radius 3 is 2.32 bits per heavy atom. The van der Waals surface area contributed by atoms with Gasteiger partial charge in [-0.2, -0.15) is 0 Å². The molecular weight excluding hydrogens is 346 g/mol. The van der Waals surface area contributed by atoms with Crippen molar-refractivity contribution in [1.29, 1.82) is 0 Å². The summed E-state index contributed by atoms with van der Waals surface area (Å²) < 4.78 is 6.00. The van der Waals surface area contributed by atoms with Crippen LogP contribution in [-0.2, 0) is 4.79 Å². The molecule has 2 atom stereocenters. The highest BCUT2D eigenvalue weighted by Crippen LogP contribution is 2.25. The van der Waals surface area contributed by atoms with Crippen LogP contribution in [0.25, 0.3) is 0 Å². The number of ether oxygens (including phenoxy) is 1. The Hall–Kier alpha value is -3.07. The van der Waals surface area contributed by atoms with Crippen molar-refractivity contribution in [1.82, 2.24) is 5.32 Å². The van der Waals surface area contributed by atoms with E-state index in [0.717, 1.165) is 22.3 Å². The molecule has 0 aliphatic carbocycles. The topological polar surface area (TPSA) is 38.3 Å². The first kappa shape index (κ1) is 19.7. The van der Waals surface area contributed by atoms with Gasteiger partial charge >= 0.3 is 0 Å². The van der Waals surface area contributed by atoms with E-state index < -0.39 is 6.10 Å². The maximum absolute atomic E-state index is 13.1. The van der Waals surface area contributed by atoms with Gasteiger partial charge in [-0.05, 0) is 54.7 Å². The largest absolute Gasteiger partial charge is 0.481 e. The van der Waals surface area contributed by atoms with Crippen molar-refractivity contribution in [3.63, 3.8) is 0 Å². The van der Waals surface area contributed by atoms with Gasteiger partial charge in [-0.25, -0.2) is 0 Å². The monoisotopic (exact) mass is 373 g/mol. The minimum Gasteiger partial charge on any atom is -0.481 e. The molecule has 0 saturated heterocycles. The maximum atomic E-state index is 13.1. The fraction of sp³-hybridized carbons (Fsp3) is 0.240. The molecule has 0 radical (unpaired) electrons. The molecule has 0 bridgehead atoms. The van der Waals surface area contributed by atoms with Crippen molar-refractivity contribution < 1.29 is 9.53 Å². The number of benzene rings is 3. The number of nitrogens with one attached hydrogen (secondary N) is 1. The van der Waals surface area contributed by atoms with E-state index >= 15 is 0 Å². The molecule has 144 valence electrons. The van der Waals surface area contributed by atoms with Crippen LogP contribution in [0.4, 0.5) is 0 Å². The summed E-state index contributed by atoms with van der Waals surface area (Å²) in [6.07, 6.45) is 0.0479. The van der Waals surface area contributed by atoms with Crippen LogP contribution in [0.3, 0.4) is 0 Å². The quantitative estimate of drug-likeness (QED) is 0.605. The van der Waals surface area contributed by atoms with Crippen LogP contribution in [0.15, 0.2) is 78.9 Å². The molecule has 3 rings (SSSR count). The standard InChI is InChI=1S/C25H27NO2/c1-4-23(28-21-15-10-11-18(2)17-21)25(27)26-24(20-13-6-5-7-14-20)22-16-9-8-12-19(22)3/h5-17,23-24H,4H2,1-3H3,(H,26,27). The predicted molar refractivity (Wildman–Crippen MR) is 113 cm³/mol. The van der Waals surface area contributed by atoms with Gasteiger partial charge in [0.25, 0.3) is 5.91 Å². The lowest BCUT2D eigenvalue weighted by Crippen LogP contribution is -2.40. The van der Waals surface area contributed by atoms with Gasteiger partial charge < -0.3 is 10.1 Å². The van der Waals surface area contributed by atoms with E-state index in [0.29, 0.717) is 12.2 Å². The number of amides is 1. The Bertz CT molecular complexity index is 921. The summed E-state index contributed by atoms with van der Waals surface area (Å²) in [6.45, 7) is 6.04. The average Bonchev–Trinajstić information content (AvgIpc) is 2.71. The number of carbonyl (C=O) groups is 1. The van der Waals surface area contributed by atoms with E-state index in [-0.39, 0.29) is 11.9 Å². The first-order valence-electron chi connectivity index (χ1n) is 9.72. The molecule has 28 heavy (non-hydrogen) atoms. The highest BCUT2D eigenvalue weighted by Gasteiger charge is 2.24. The van der Waals surface area contributed by atoms with Crippen LogP contribution in [0.2, 0.25) is 0 Å². The minimum atomic E-state index is -0.544. The molecule has 0 spiro atoms. The summed E-state index contributed by atoms with van der Waals surface area (Å²) in [4.78, 5) is 13.1. The first-order valence-corrected chi connectivity index (χ1v) is 9.72. The van der Waals surface area contributed by atoms with Crippen molar-refractivity contribution in [2.24, 2.45) is 0 Å². The molecule has 3 nitrogen and oxygen atoms in total. The van der Waals surface area contributed by atoms with Gasteiger partial charge in [0, 0.05) is 0 Å². The summed E-state index contributed by atoms with van der Waals surface area (Å²) in [5.74, 6) is 0.607. The molecule has 1 N–H and O–H groups in total. The van der Waals surface area contributed by atoms with Crippen LogP contribution in [-0.4, -0.2) is 12.0 Å². The second-order valence-electron chi connectivity index (χ2n) is 7.04. The highest BCUT2D eigenvalue weighted by molar-refractivity contribution is 5.82. The van der Waals surface area contributed by atoms with Gasteiger partial charge in [0.1, 0.15) is 5.75 Å². The molecule has 0 saturated carbocycles. The van der Waals surface area contributed by atoms with Gasteiger partial charge in [0.2, 0.25) is 0 Å². The van der Waals surface area contributed by atoms with E-state index in [9.17, 15) is 4.79 Å². The van der Waals surface area contributed by atoms with Gasteiger partial charge in [0.15, 0.2) is 6.10 Å². The molecule has 3 aromatic rings. The second kappa shape index (κ2) is 9.23. The Kier molecular flexibility index (Phi) is 6.49. The normalized spacial score (nSPS) is 12.8. The molecular formula is C25H27NO2. The lowest BCUT2D eigenvalue weighted by atomic mass is 9.94. The summed E-state index contributed by atoms with van der Waals surface area (Å²) in [5.41, 5.74) is 4.39. The maximum Gasteiger partial charge on any atom is 0.261 e. The third-order valence-electron chi connectivity index (χ3n) is 4.85. The molecule has 3 aromatic carbocycles. The van der Waals surface area contributed by atoms with Gasteiger partial charge in [-0.15, -0.1) is 0 Å². The van der Waals surface area contributed by atoms with Crippen molar-refractivity contribution in [3.8, 4) is 5.75 Å². The third-order valence-corrected chi connectivity index (χ3v) is 4.85. The van der Waals surface area contributed by atoms with Crippen LogP contribution >= 0.6 is 0 Å². The zero-order chi connectivity index (χ0) is 19.9. The number of hydrogen-bond donors (Lipinski definition) is 1. The number of hydrogen-bond acceptors (Lipinski definition) is 2. The lowest BCUT2D eigenvalue weighted by Gasteiger charge is -2.25. The van der Waals surface area contributed by atoms with Crippen molar-refractivity contribution in [3.05, 3.63) is 101 Å². The van der Waals surface area contributed by atoms with Crippen molar-refractivity contribution >= 4 is 5.91 Å². The Morgan fingerprint density at radius 2 is 1.64 bits per heavy atom. The highest BCUT2D eigenvalue weighted by atomic mass is 16.5. The molecule has 0 aliphatic rings. The molecule has 0 aliphatic heterocycles. The van der Waals surface area contributed by atoms with Crippen LogP contribution in [0.1, 0.15) is 41.6 Å². The number of rotatable bonds is 7. The lowest BCUT2D eigenvalue weighted by molar-refractivity contribution is -0.128. The van der Waals surface area contributed by atoms with Crippen LogP contribution < -0.4 is 10.1 Å².